The highest BCUT2D eigenvalue weighted by molar-refractivity contribution is 5.90. The zero-order chi connectivity index (χ0) is 21.4. The van der Waals surface area contributed by atoms with Crippen molar-refractivity contribution in [2.24, 2.45) is 0 Å². The van der Waals surface area contributed by atoms with Gasteiger partial charge in [0, 0.05) is 30.3 Å². The molecule has 1 N–H and O–H groups in total. The number of aryl methyl sites for hydroxylation is 3. The van der Waals surface area contributed by atoms with E-state index < -0.39 is 0 Å². The fourth-order valence-electron chi connectivity index (χ4n) is 3.36. The minimum Gasteiger partial charge on any atom is -0.334 e. The minimum atomic E-state index is -0.147. The Kier molecular flexibility index (Phi) is 4.91. The number of rotatable bonds is 4. The van der Waals surface area contributed by atoms with Gasteiger partial charge in [0.1, 0.15) is 5.69 Å². The van der Waals surface area contributed by atoms with Crippen molar-refractivity contribution in [1.29, 1.82) is 0 Å². The van der Waals surface area contributed by atoms with Gasteiger partial charge in [-0.15, -0.1) is 0 Å². The predicted octanol–water partition coefficient (Wildman–Crippen LogP) is 3.71. The Morgan fingerprint density at radius 3 is 2.60 bits per heavy atom. The second kappa shape index (κ2) is 7.55. The Morgan fingerprint density at radius 2 is 1.87 bits per heavy atom. The predicted molar refractivity (Wildman–Crippen MR) is 114 cm³/mol. The van der Waals surface area contributed by atoms with Crippen molar-refractivity contribution < 1.29 is 9.32 Å². The Hall–Kier alpha value is -3.81. The molecular formula is C22H21N5O3. The van der Waals surface area contributed by atoms with Crippen LogP contribution >= 0.6 is 0 Å². The molecule has 0 fully saturated rings. The maximum atomic E-state index is 12.3. The molecule has 4 rings (SSSR count). The highest BCUT2D eigenvalue weighted by Gasteiger charge is 2.14. The molecule has 2 aromatic heterocycles. The molecule has 152 valence electrons. The zero-order valence-corrected chi connectivity index (χ0v) is 17.2. The molecule has 8 heteroatoms. The van der Waals surface area contributed by atoms with Crippen LogP contribution in [0.1, 0.15) is 25.1 Å². The van der Waals surface area contributed by atoms with Crippen LogP contribution in [0.2, 0.25) is 0 Å². The number of hydrogen-bond acceptors (Lipinski definition) is 6. The van der Waals surface area contributed by atoms with Gasteiger partial charge in [-0.2, -0.15) is 4.98 Å². The summed E-state index contributed by atoms with van der Waals surface area (Å²) in [5.41, 5.74) is 4.89. The molecule has 1 amide bonds. The number of carbonyl (C=O) groups excluding carboxylic acids is 1. The van der Waals surface area contributed by atoms with Crippen LogP contribution in [-0.4, -0.2) is 25.6 Å². The highest BCUT2D eigenvalue weighted by atomic mass is 16.5. The zero-order valence-electron chi connectivity index (χ0n) is 17.2. The third-order valence-corrected chi connectivity index (χ3v) is 4.90. The third-order valence-electron chi connectivity index (χ3n) is 4.90. The molecule has 0 spiro atoms. The number of fused-ring (bicyclic) bond motifs is 1. The lowest BCUT2D eigenvalue weighted by Gasteiger charge is -2.09. The summed E-state index contributed by atoms with van der Waals surface area (Å²) in [6.45, 7) is 7.57. The van der Waals surface area contributed by atoms with Crippen LogP contribution in [0, 0.1) is 13.8 Å². The number of hydrogen-bond donors (Lipinski definition) is 1. The summed E-state index contributed by atoms with van der Waals surface area (Å²) in [5.74, 6) is 0.618. The number of anilines is 1. The summed E-state index contributed by atoms with van der Waals surface area (Å²) in [6, 6.07) is 11.1. The van der Waals surface area contributed by atoms with Crippen molar-refractivity contribution >= 4 is 22.6 Å². The van der Waals surface area contributed by atoms with Gasteiger partial charge in [0.25, 0.3) is 11.4 Å². The first-order valence-corrected chi connectivity index (χ1v) is 9.61. The molecule has 0 aliphatic rings. The average Bonchev–Trinajstić information content (AvgIpc) is 3.20. The van der Waals surface area contributed by atoms with Gasteiger partial charge in [-0.3, -0.25) is 9.59 Å². The molecule has 0 bridgehead atoms. The van der Waals surface area contributed by atoms with Gasteiger partial charge in [-0.1, -0.05) is 11.2 Å². The summed E-state index contributed by atoms with van der Waals surface area (Å²) < 4.78 is 7.15. The summed E-state index contributed by atoms with van der Waals surface area (Å²) in [5, 5.41) is 6.89. The quantitative estimate of drug-likeness (QED) is 0.557. The molecule has 2 heterocycles. The van der Waals surface area contributed by atoms with E-state index in [9.17, 15) is 9.59 Å². The summed E-state index contributed by atoms with van der Waals surface area (Å²) in [6.07, 6.45) is 0. The number of nitrogens with zero attached hydrogens (tertiary/aromatic N) is 4. The second-order valence-corrected chi connectivity index (χ2v) is 7.08. The lowest BCUT2D eigenvalue weighted by atomic mass is 10.1. The number of amides is 1. The number of carbonyl (C=O) groups is 1. The van der Waals surface area contributed by atoms with Gasteiger partial charge in [0.05, 0.1) is 11.0 Å². The molecule has 0 saturated heterocycles. The van der Waals surface area contributed by atoms with E-state index in [1.165, 1.54) is 6.92 Å². The largest absolute Gasteiger partial charge is 0.334 e. The van der Waals surface area contributed by atoms with E-state index in [4.69, 9.17) is 4.52 Å². The minimum absolute atomic E-state index is 0.0889. The highest BCUT2D eigenvalue weighted by Crippen LogP contribution is 2.27. The van der Waals surface area contributed by atoms with E-state index in [-0.39, 0.29) is 11.5 Å². The Morgan fingerprint density at radius 1 is 1.10 bits per heavy atom. The first kappa shape index (κ1) is 19.5. The van der Waals surface area contributed by atoms with Crippen LogP contribution in [0.3, 0.4) is 0 Å². The average molecular weight is 403 g/mol. The summed E-state index contributed by atoms with van der Waals surface area (Å²) >= 11 is 0. The van der Waals surface area contributed by atoms with Crippen LogP contribution in [0.25, 0.3) is 33.9 Å². The molecule has 0 unspecified atom stereocenters. The van der Waals surface area contributed by atoms with Gasteiger partial charge in [-0.25, -0.2) is 4.98 Å². The second-order valence-electron chi connectivity index (χ2n) is 7.08. The maximum Gasteiger partial charge on any atom is 0.272 e. The van der Waals surface area contributed by atoms with Gasteiger partial charge in [0.2, 0.25) is 11.7 Å². The van der Waals surface area contributed by atoms with Crippen molar-refractivity contribution in [1.82, 2.24) is 19.7 Å². The van der Waals surface area contributed by atoms with E-state index in [2.05, 4.69) is 20.4 Å². The smallest absolute Gasteiger partial charge is 0.272 e. The van der Waals surface area contributed by atoms with Crippen LogP contribution < -0.4 is 10.9 Å². The van der Waals surface area contributed by atoms with Gasteiger partial charge in [-0.05, 0) is 56.7 Å². The molecule has 0 radical (unpaired) electrons. The van der Waals surface area contributed by atoms with Crippen LogP contribution in [0.4, 0.5) is 5.69 Å². The van der Waals surface area contributed by atoms with Crippen molar-refractivity contribution in [2.75, 3.05) is 5.32 Å². The molecule has 0 atom stereocenters. The van der Waals surface area contributed by atoms with Gasteiger partial charge in [0.15, 0.2) is 0 Å². The van der Waals surface area contributed by atoms with Crippen LogP contribution in [0.5, 0.6) is 0 Å². The lowest BCUT2D eigenvalue weighted by molar-refractivity contribution is -0.114. The van der Waals surface area contributed by atoms with Crippen molar-refractivity contribution in [3.63, 3.8) is 0 Å². The topological polar surface area (TPSA) is 103 Å². The Balaban J connectivity index is 1.74. The number of benzene rings is 2. The maximum absolute atomic E-state index is 12.3. The molecule has 2 aromatic carbocycles. The molecule has 0 aliphatic heterocycles. The number of nitrogens with one attached hydrogen (secondary N) is 1. The number of aromatic nitrogens is 4. The van der Waals surface area contributed by atoms with Crippen molar-refractivity contribution in [3.05, 3.63) is 58.0 Å². The molecule has 8 nitrogen and oxygen atoms in total. The van der Waals surface area contributed by atoms with E-state index >= 15 is 0 Å². The van der Waals surface area contributed by atoms with E-state index in [1.54, 1.807) is 17.6 Å². The molecule has 0 saturated carbocycles. The molecule has 0 aliphatic carbocycles. The first-order chi connectivity index (χ1) is 14.4. The van der Waals surface area contributed by atoms with E-state index in [0.29, 0.717) is 40.7 Å². The molecule has 30 heavy (non-hydrogen) atoms. The SMILES string of the molecule is CCn1c(=O)c(C)nc2cc(-c3noc(-c4ccc(C)c(NC(C)=O)c4)n3)ccc21. The van der Waals surface area contributed by atoms with Gasteiger partial charge >= 0.3 is 0 Å². The first-order valence-electron chi connectivity index (χ1n) is 9.61. The van der Waals surface area contributed by atoms with E-state index in [1.807, 2.05) is 44.2 Å². The lowest BCUT2D eigenvalue weighted by Crippen LogP contribution is -2.23. The van der Waals surface area contributed by atoms with Crippen molar-refractivity contribution in [2.45, 2.75) is 34.2 Å². The fourth-order valence-corrected chi connectivity index (χ4v) is 3.36. The van der Waals surface area contributed by atoms with E-state index in [0.717, 1.165) is 16.6 Å². The summed E-state index contributed by atoms with van der Waals surface area (Å²) in [7, 11) is 0. The van der Waals surface area contributed by atoms with Gasteiger partial charge < -0.3 is 14.4 Å². The van der Waals surface area contributed by atoms with Crippen LogP contribution in [-0.2, 0) is 11.3 Å². The molecular weight excluding hydrogens is 382 g/mol. The Bertz CT molecular complexity index is 1340. The Labute approximate surface area is 172 Å². The van der Waals surface area contributed by atoms with Crippen LogP contribution in [0.15, 0.2) is 45.7 Å². The standard InChI is InChI=1S/C22H21N5O3/c1-5-27-19-9-8-15(10-18(19)23-13(3)22(27)29)20-25-21(30-26-20)16-7-6-12(2)17(11-16)24-14(4)28/h6-11H,5H2,1-4H3,(H,24,28). The summed E-state index contributed by atoms with van der Waals surface area (Å²) in [4.78, 5) is 32.6. The monoisotopic (exact) mass is 403 g/mol. The van der Waals surface area contributed by atoms with Crippen molar-refractivity contribution in [3.8, 4) is 22.8 Å². The third kappa shape index (κ3) is 3.47. The normalized spacial score (nSPS) is 11.1. The fraction of sp³-hybridized carbons (Fsp3) is 0.227. The molecule has 4 aromatic rings.